The fourth-order valence-corrected chi connectivity index (χ4v) is 5.68. The van der Waals surface area contributed by atoms with Gasteiger partial charge < -0.3 is 11.1 Å². The van der Waals surface area contributed by atoms with Crippen LogP contribution in [0.3, 0.4) is 0 Å². The van der Waals surface area contributed by atoms with Gasteiger partial charge in [0.25, 0.3) is 0 Å². The SMILES string of the molecule is NC(=O)c1cccc(C2C[C@H]3CC[C@@H](C2)N3CCNCC2CCC(F)(F)CC2)c1. The molecule has 29 heavy (non-hydrogen) atoms. The molecule has 2 aliphatic heterocycles. The number of fused-ring (bicyclic) bond motifs is 2. The molecule has 1 aliphatic carbocycles. The van der Waals surface area contributed by atoms with Crippen molar-refractivity contribution in [1.29, 1.82) is 0 Å². The summed E-state index contributed by atoms with van der Waals surface area (Å²) in [7, 11) is 0. The third kappa shape index (κ3) is 4.97. The lowest BCUT2D eigenvalue weighted by Gasteiger charge is -2.39. The Labute approximate surface area is 172 Å². The summed E-state index contributed by atoms with van der Waals surface area (Å²) in [6.45, 7) is 2.83. The van der Waals surface area contributed by atoms with E-state index in [2.05, 4.69) is 16.3 Å². The molecule has 0 radical (unpaired) electrons. The number of nitrogens with zero attached hydrogens (tertiary/aromatic N) is 1. The van der Waals surface area contributed by atoms with E-state index >= 15 is 0 Å². The number of halogens is 2. The second kappa shape index (κ2) is 8.68. The Hall–Kier alpha value is -1.53. The van der Waals surface area contributed by atoms with Gasteiger partial charge in [0, 0.05) is 43.6 Å². The minimum Gasteiger partial charge on any atom is -0.366 e. The fraction of sp³-hybridized carbons (Fsp3) is 0.696. The standard InChI is InChI=1S/C23H33F2N3O/c24-23(25)8-6-16(7-9-23)15-27-10-11-28-20-4-5-21(28)14-19(13-20)17-2-1-3-18(12-17)22(26)29/h1-3,12,16,19-21,27H,4-11,13-15H2,(H2,26,29)/t19?,20-,21+. The second-order valence-electron chi connectivity index (χ2n) is 9.28. The second-order valence-corrected chi connectivity index (χ2v) is 9.28. The Balaban J connectivity index is 1.24. The summed E-state index contributed by atoms with van der Waals surface area (Å²) in [6, 6.07) is 9.03. The van der Waals surface area contributed by atoms with Gasteiger partial charge in [0.05, 0.1) is 0 Å². The fourth-order valence-electron chi connectivity index (χ4n) is 5.68. The number of carbonyl (C=O) groups excluding carboxylic acids is 1. The lowest BCUT2D eigenvalue weighted by Crippen LogP contribution is -2.45. The summed E-state index contributed by atoms with van der Waals surface area (Å²) in [5.74, 6) is -1.90. The first kappa shape index (κ1) is 20.7. The average Bonchev–Trinajstić information content (AvgIpc) is 2.93. The Morgan fingerprint density at radius 3 is 2.48 bits per heavy atom. The van der Waals surface area contributed by atoms with Gasteiger partial charge >= 0.3 is 0 Å². The van der Waals surface area contributed by atoms with Crippen LogP contribution in [0.25, 0.3) is 0 Å². The Morgan fingerprint density at radius 1 is 1.14 bits per heavy atom. The monoisotopic (exact) mass is 405 g/mol. The van der Waals surface area contributed by atoms with Crippen LogP contribution in [0, 0.1) is 5.92 Å². The number of rotatable bonds is 7. The van der Waals surface area contributed by atoms with Crippen molar-refractivity contribution in [1.82, 2.24) is 10.2 Å². The van der Waals surface area contributed by atoms with Gasteiger partial charge in [-0.05, 0) is 74.6 Å². The molecule has 4 rings (SSSR count). The maximum absolute atomic E-state index is 13.3. The third-order valence-corrected chi connectivity index (χ3v) is 7.34. The molecule has 0 spiro atoms. The molecular weight excluding hydrogens is 372 g/mol. The Bertz CT molecular complexity index is 702. The van der Waals surface area contributed by atoms with Crippen LogP contribution in [0.15, 0.2) is 24.3 Å². The number of alkyl halides is 2. The number of carbonyl (C=O) groups is 1. The van der Waals surface area contributed by atoms with Gasteiger partial charge in [-0.25, -0.2) is 8.78 Å². The summed E-state index contributed by atoms with van der Waals surface area (Å²) in [5.41, 5.74) is 7.28. The van der Waals surface area contributed by atoms with E-state index in [0.29, 0.717) is 42.3 Å². The number of benzene rings is 1. The van der Waals surface area contributed by atoms with Crippen LogP contribution in [-0.4, -0.2) is 48.4 Å². The van der Waals surface area contributed by atoms with Gasteiger partial charge in [-0.15, -0.1) is 0 Å². The molecule has 2 saturated heterocycles. The van der Waals surface area contributed by atoms with Crippen LogP contribution in [0.5, 0.6) is 0 Å². The maximum atomic E-state index is 13.3. The van der Waals surface area contributed by atoms with Crippen molar-refractivity contribution in [2.24, 2.45) is 11.7 Å². The van der Waals surface area contributed by atoms with Crippen LogP contribution in [0.2, 0.25) is 0 Å². The van der Waals surface area contributed by atoms with Crippen molar-refractivity contribution in [3.8, 4) is 0 Å². The van der Waals surface area contributed by atoms with E-state index < -0.39 is 5.92 Å². The van der Waals surface area contributed by atoms with E-state index in [1.165, 1.54) is 18.4 Å². The average molecular weight is 406 g/mol. The summed E-state index contributed by atoms with van der Waals surface area (Å²) in [4.78, 5) is 14.1. The molecule has 1 aromatic carbocycles. The highest BCUT2D eigenvalue weighted by molar-refractivity contribution is 5.92. The summed E-state index contributed by atoms with van der Waals surface area (Å²) >= 11 is 0. The van der Waals surface area contributed by atoms with Crippen LogP contribution in [-0.2, 0) is 0 Å². The van der Waals surface area contributed by atoms with Gasteiger partial charge in [0.1, 0.15) is 0 Å². The number of piperidine rings is 1. The molecule has 3 fully saturated rings. The third-order valence-electron chi connectivity index (χ3n) is 7.34. The van der Waals surface area contributed by atoms with E-state index in [0.717, 1.165) is 32.5 Å². The van der Waals surface area contributed by atoms with Crippen LogP contribution >= 0.6 is 0 Å². The van der Waals surface area contributed by atoms with Gasteiger partial charge in [-0.1, -0.05) is 12.1 Å². The van der Waals surface area contributed by atoms with Crippen molar-refractivity contribution in [2.75, 3.05) is 19.6 Å². The molecule has 160 valence electrons. The molecule has 1 aromatic rings. The van der Waals surface area contributed by atoms with E-state index in [1.54, 1.807) is 6.07 Å². The topological polar surface area (TPSA) is 58.4 Å². The van der Waals surface area contributed by atoms with Crippen LogP contribution < -0.4 is 11.1 Å². The first-order chi connectivity index (χ1) is 13.9. The van der Waals surface area contributed by atoms with Crippen molar-refractivity contribution >= 4 is 5.91 Å². The van der Waals surface area contributed by atoms with Gasteiger partial charge in [-0.2, -0.15) is 0 Å². The molecule has 3 N–H and O–H groups in total. The molecule has 2 bridgehead atoms. The minimum absolute atomic E-state index is 0.0496. The maximum Gasteiger partial charge on any atom is 0.248 e. The van der Waals surface area contributed by atoms with Gasteiger partial charge in [0.2, 0.25) is 11.8 Å². The minimum atomic E-state index is -2.43. The molecule has 2 heterocycles. The van der Waals surface area contributed by atoms with Crippen LogP contribution in [0.1, 0.15) is 73.2 Å². The molecule has 4 nitrogen and oxygen atoms in total. The van der Waals surface area contributed by atoms with Crippen LogP contribution in [0.4, 0.5) is 8.78 Å². The van der Waals surface area contributed by atoms with Crippen molar-refractivity contribution < 1.29 is 13.6 Å². The quantitative estimate of drug-likeness (QED) is 0.676. The molecule has 6 heteroatoms. The molecular formula is C23H33F2N3O. The zero-order valence-electron chi connectivity index (χ0n) is 17.1. The summed E-state index contributed by atoms with van der Waals surface area (Å²) in [5, 5.41) is 3.52. The predicted molar refractivity (Wildman–Crippen MR) is 110 cm³/mol. The normalized spacial score (nSPS) is 29.8. The first-order valence-corrected chi connectivity index (χ1v) is 11.2. The first-order valence-electron chi connectivity index (χ1n) is 11.2. The van der Waals surface area contributed by atoms with Crippen molar-refractivity contribution in [2.45, 2.75) is 75.3 Å². The summed E-state index contributed by atoms with van der Waals surface area (Å²) in [6.07, 6.45) is 6.14. The number of nitrogens with one attached hydrogen (secondary N) is 1. The highest BCUT2D eigenvalue weighted by Gasteiger charge is 2.40. The smallest absolute Gasteiger partial charge is 0.248 e. The van der Waals surface area contributed by atoms with E-state index in [1.807, 2.05) is 12.1 Å². The number of primary amides is 1. The van der Waals surface area contributed by atoms with Crippen molar-refractivity contribution in [3.05, 3.63) is 35.4 Å². The zero-order valence-corrected chi connectivity index (χ0v) is 17.1. The Kier molecular flexibility index (Phi) is 6.21. The van der Waals surface area contributed by atoms with Gasteiger partial charge in [0.15, 0.2) is 0 Å². The number of nitrogens with two attached hydrogens (primary N) is 1. The van der Waals surface area contributed by atoms with E-state index in [-0.39, 0.29) is 18.7 Å². The number of amides is 1. The zero-order chi connectivity index (χ0) is 20.4. The lowest BCUT2D eigenvalue weighted by atomic mass is 9.84. The summed E-state index contributed by atoms with van der Waals surface area (Å²) < 4.78 is 26.5. The van der Waals surface area contributed by atoms with Gasteiger partial charge in [-0.3, -0.25) is 9.69 Å². The molecule has 0 aromatic heterocycles. The lowest BCUT2D eigenvalue weighted by molar-refractivity contribution is -0.0455. The molecule has 3 aliphatic rings. The highest BCUT2D eigenvalue weighted by Crippen LogP contribution is 2.43. The predicted octanol–water partition coefficient (Wildman–Crippen LogP) is 3.91. The number of hydrogen-bond donors (Lipinski definition) is 2. The molecule has 1 amide bonds. The molecule has 1 saturated carbocycles. The Morgan fingerprint density at radius 2 is 1.83 bits per heavy atom. The van der Waals surface area contributed by atoms with E-state index in [9.17, 15) is 13.6 Å². The number of hydrogen-bond acceptors (Lipinski definition) is 3. The molecule has 1 unspecified atom stereocenters. The highest BCUT2D eigenvalue weighted by atomic mass is 19.3. The van der Waals surface area contributed by atoms with Crippen molar-refractivity contribution in [3.63, 3.8) is 0 Å². The molecule has 3 atom stereocenters. The largest absolute Gasteiger partial charge is 0.366 e. The van der Waals surface area contributed by atoms with E-state index in [4.69, 9.17) is 5.73 Å².